The Morgan fingerprint density at radius 1 is 1.25 bits per heavy atom. The number of anilines is 2. The van der Waals surface area contributed by atoms with Gasteiger partial charge < -0.3 is 15.7 Å². The molecule has 1 aliphatic heterocycles. The summed E-state index contributed by atoms with van der Waals surface area (Å²) in [6.07, 6.45) is 0.824. The van der Waals surface area contributed by atoms with Crippen molar-refractivity contribution in [1.29, 1.82) is 0 Å². The molecule has 0 aromatic heterocycles. The minimum Gasteiger partial charge on any atom is -0.505 e. The van der Waals surface area contributed by atoms with Gasteiger partial charge in [0.15, 0.2) is 5.75 Å². The highest BCUT2D eigenvalue weighted by Gasteiger charge is 2.32. The summed E-state index contributed by atoms with van der Waals surface area (Å²) in [6.45, 7) is 2.00. The average molecular weight is 268 g/mol. The lowest BCUT2D eigenvalue weighted by atomic mass is 10.1. The number of phenolic OH excluding ortho intramolecular Hbond substituents is 1. The van der Waals surface area contributed by atoms with E-state index in [1.54, 1.807) is 23.1 Å². The van der Waals surface area contributed by atoms with Crippen LogP contribution < -0.4 is 10.6 Å². The fourth-order valence-corrected chi connectivity index (χ4v) is 2.74. The van der Waals surface area contributed by atoms with Gasteiger partial charge in [-0.05, 0) is 37.1 Å². The molecule has 1 aliphatic rings. The van der Waals surface area contributed by atoms with Crippen LogP contribution in [0.3, 0.4) is 0 Å². The molecule has 4 heteroatoms. The van der Waals surface area contributed by atoms with Crippen LogP contribution in [0.2, 0.25) is 0 Å². The molecule has 1 amide bonds. The third-order valence-electron chi connectivity index (χ3n) is 3.72. The van der Waals surface area contributed by atoms with E-state index in [9.17, 15) is 9.90 Å². The van der Waals surface area contributed by atoms with Gasteiger partial charge in [-0.25, -0.2) is 0 Å². The molecule has 2 aromatic carbocycles. The van der Waals surface area contributed by atoms with Gasteiger partial charge in [0.2, 0.25) is 0 Å². The number of aromatic hydroxyl groups is 1. The third kappa shape index (κ3) is 1.81. The maximum Gasteiger partial charge on any atom is 0.262 e. The summed E-state index contributed by atoms with van der Waals surface area (Å²) in [7, 11) is 0. The second-order valence-electron chi connectivity index (χ2n) is 5.10. The molecule has 0 saturated heterocycles. The van der Waals surface area contributed by atoms with Gasteiger partial charge >= 0.3 is 0 Å². The lowest BCUT2D eigenvalue weighted by Crippen LogP contribution is -2.35. The summed E-state index contributed by atoms with van der Waals surface area (Å²) in [6, 6.07) is 12.8. The average Bonchev–Trinajstić information content (AvgIpc) is 2.77. The van der Waals surface area contributed by atoms with E-state index in [0.29, 0.717) is 0 Å². The summed E-state index contributed by atoms with van der Waals surface area (Å²) in [4.78, 5) is 14.4. The van der Waals surface area contributed by atoms with Crippen molar-refractivity contribution in [3.05, 3.63) is 53.6 Å². The predicted molar refractivity (Wildman–Crippen MR) is 78.9 cm³/mol. The highest BCUT2D eigenvalue weighted by molar-refractivity contribution is 6.10. The number of amides is 1. The summed E-state index contributed by atoms with van der Waals surface area (Å²) in [5.41, 5.74) is 8.19. The molecule has 20 heavy (non-hydrogen) atoms. The molecule has 0 radical (unpaired) electrons. The van der Waals surface area contributed by atoms with E-state index in [-0.39, 0.29) is 28.9 Å². The molecule has 2 aromatic rings. The van der Waals surface area contributed by atoms with Crippen LogP contribution >= 0.6 is 0 Å². The minimum absolute atomic E-state index is 0.0701. The van der Waals surface area contributed by atoms with Crippen LogP contribution in [-0.4, -0.2) is 17.1 Å². The van der Waals surface area contributed by atoms with Crippen molar-refractivity contribution in [3.8, 4) is 5.75 Å². The van der Waals surface area contributed by atoms with Crippen molar-refractivity contribution >= 4 is 17.3 Å². The number of carbonyl (C=O) groups excluding carboxylic acids is 1. The first-order valence-electron chi connectivity index (χ1n) is 6.58. The number of nitrogen functional groups attached to an aromatic ring is 1. The Morgan fingerprint density at radius 3 is 2.80 bits per heavy atom. The van der Waals surface area contributed by atoms with Gasteiger partial charge in [0, 0.05) is 11.7 Å². The highest BCUT2D eigenvalue weighted by Crippen LogP contribution is 2.35. The van der Waals surface area contributed by atoms with E-state index >= 15 is 0 Å². The molecule has 0 fully saturated rings. The number of nitrogens with zero attached hydrogens (tertiary/aromatic N) is 1. The van der Waals surface area contributed by atoms with Crippen molar-refractivity contribution in [2.75, 3.05) is 10.6 Å². The smallest absolute Gasteiger partial charge is 0.262 e. The van der Waals surface area contributed by atoms with Gasteiger partial charge in [-0.3, -0.25) is 4.79 Å². The molecule has 4 nitrogen and oxygen atoms in total. The molecule has 102 valence electrons. The first kappa shape index (κ1) is 12.5. The first-order valence-corrected chi connectivity index (χ1v) is 6.58. The molecule has 1 unspecified atom stereocenters. The van der Waals surface area contributed by atoms with Gasteiger partial charge in [0.05, 0.1) is 11.3 Å². The zero-order chi connectivity index (χ0) is 14.3. The molecular formula is C16H16N2O2. The molecule has 0 aliphatic carbocycles. The Kier molecular flexibility index (Phi) is 2.86. The van der Waals surface area contributed by atoms with Gasteiger partial charge in [-0.2, -0.15) is 0 Å². The SMILES string of the molecule is CC1Cc2ccccc2N1C(=O)c1cccc(N)c1O. The van der Waals surface area contributed by atoms with E-state index < -0.39 is 0 Å². The Hall–Kier alpha value is -2.49. The van der Waals surface area contributed by atoms with Crippen LogP contribution in [0.1, 0.15) is 22.8 Å². The number of para-hydroxylation sites is 2. The zero-order valence-corrected chi connectivity index (χ0v) is 11.2. The molecule has 3 rings (SSSR count). The van der Waals surface area contributed by atoms with Crippen LogP contribution in [0.15, 0.2) is 42.5 Å². The number of benzene rings is 2. The monoisotopic (exact) mass is 268 g/mol. The van der Waals surface area contributed by atoms with E-state index in [1.807, 2.05) is 31.2 Å². The Labute approximate surface area is 117 Å². The van der Waals surface area contributed by atoms with E-state index in [0.717, 1.165) is 17.7 Å². The summed E-state index contributed by atoms with van der Waals surface area (Å²) in [5, 5.41) is 9.99. The molecule has 0 bridgehead atoms. The van der Waals surface area contributed by atoms with Crippen molar-refractivity contribution in [2.45, 2.75) is 19.4 Å². The van der Waals surface area contributed by atoms with E-state index in [2.05, 4.69) is 0 Å². The van der Waals surface area contributed by atoms with Crippen molar-refractivity contribution in [1.82, 2.24) is 0 Å². The Balaban J connectivity index is 2.05. The number of hydrogen-bond donors (Lipinski definition) is 2. The molecule has 0 spiro atoms. The molecule has 1 atom stereocenters. The first-order chi connectivity index (χ1) is 9.59. The molecule has 3 N–H and O–H groups in total. The minimum atomic E-state index is -0.216. The summed E-state index contributed by atoms with van der Waals surface area (Å²) < 4.78 is 0. The van der Waals surface area contributed by atoms with Gasteiger partial charge in [0.1, 0.15) is 0 Å². The lowest BCUT2D eigenvalue weighted by Gasteiger charge is -2.23. The molecule has 0 saturated carbocycles. The number of nitrogens with two attached hydrogens (primary N) is 1. The largest absolute Gasteiger partial charge is 0.505 e. The zero-order valence-electron chi connectivity index (χ0n) is 11.2. The van der Waals surface area contributed by atoms with Crippen LogP contribution in [0, 0.1) is 0 Å². The second kappa shape index (κ2) is 4.56. The van der Waals surface area contributed by atoms with Gasteiger partial charge in [-0.15, -0.1) is 0 Å². The fourth-order valence-electron chi connectivity index (χ4n) is 2.74. The molecular weight excluding hydrogens is 252 g/mol. The lowest BCUT2D eigenvalue weighted by molar-refractivity contribution is 0.0979. The van der Waals surface area contributed by atoms with Gasteiger partial charge in [-0.1, -0.05) is 24.3 Å². The van der Waals surface area contributed by atoms with Crippen LogP contribution in [0.25, 0.3) is 0 Å². The normalized spacial score (nSPS) is 17.1. The van der Waals surface area contributed by atoms with Crippen LogP contribution in [-0.2, 0) is 6.42 Å². The van der Waals surface area contributed by atoms with Crippen molar-refractivity contribution < 1.29 is 9.90 Å². The van der Waals surface area contributed by atoms with Crippen LogP contribution in [0.5, 0.6) is 5.75 Å². The van der Waals surface area contributed by atoms with Crippen molar-refractivity contribution in [3.63, 3.8) is 0 Å². The standard InChI is InChI=1S/C16H16N2O2/c1-10-9-11-5-2-3-8-14(11)18(10)16(20)12-6-4-7-13(17)15(12)19/h2-8,10,19H,9,17H2,1H3. The second-order valence-corrected chi connectivity index (χ2v) is 5.10. The molecule has 1 heterocycles. The highest BCUT2D eigenvalue weighted by atomic mass is 16.3. The third-order valence-corrected chi connectivity index (χ3v) is 3.72. The number of hydrogen-bond acceptors (Lipinski definition) is 3. The number of rotatable bonds is 1. The summed E-state index contributed by atoms with van der Waals surface area (Å²) in [5.74, 6) is -0.360. The van der Waals surface area contributed by atoms with E-state index in [1.165, 1.54) is 0 Å². The maximum absolute atomic E-state index is 12.7. The predicted octanol–water partition coefficient (Wildman–Crippen LogP) is 2.57. The van der Waals surface area contributed by atoms with Crippen LogP contribution in [0.4, 0.5) is 11.4 Å². The van der Waals surface area contributed by atoms with E-state index in [4.69, 9.17) is 5.73 Å². The quantitative estimate of drug-likeness (QED) is 0.617. The Morgan fingerprint density at radius 2 is 2.00 bits per heavy atom. The number of phenols is 1. The Bertz CT molecular complexity index is 682. The topological polar surface area (TPSA) is 66.6 Å². The van der Waals surface area contributed by atoms with Crippen molar-refractivity contribution in [2.24, 2.45) is 0 Å². The fraction of sp³-hybridized carbons (Fsp3) is 0.188. The van der Waals surface area contributed by atoms with Gasteiger partial charge in [0.25, 0.3) is 5.91 Å². The number of carbonyl (C=O) groups is 1. The summed E-state index contributed by atoms with van der Waals surface area (Å²) >= 11 is 0. The number of fused-ring (bicyclic) bond motifs is 1. The maximum atomic E-state index is 12.7.